The molecule has 0 aliphatic heterocycles. The zero-order valence-electron chi connectivity index (χ0n) is 4.68. The lowest BCUT2D eigenvalue weighted by atomic mass is 10.5. The Labute approximate surface area is 56.3 Å². The monoisotopic (exact) mass is 139 g/mol. The number of nitrogens with one attached hydrogen (secondary N) is 1. The summed E-state index contributed by atoms with van der Waals surface area (Å²) in [6.45, 7) is 3.38. The Bertz CT molecular complexity index is 290. The molecule has 0 amide bonds. The molecule has 3 heteroatoms. The Kier molecular flexibility index (Phi) is 1.68. The van der Waals surface area contributed by atoms with Crippen LogP contribution < -0.4 is 5.56 Å². The van der Waals surface area contributed by atoms with E-state index >= 15 is 0 Å². The lowest BCUT2D eigenvalue weighted by molar-refractivity contribution is 1.43. The van der Waals surface area contributed by atoms with Crippen molar-refractivity contribution in [3.63, 3.8) is 0 Å². The van der Waals surface area contributed by atoms with Crippen LogP contribution in [0.5, 0.6) is 0 Å². The van der Waals surface area contributed by atoms with E-state index < -0.39 is 0 Å². The Balaban J connectivity index is 3.12. The first-order valence-corrected chi connectivity index (χ1v) is 3.19. The molecular weight excluding hydrogens is 134 g/mol. The van der Waals surface area contributed by atoms with E-state index in [1.165, 1.54) is 17.6 Å². The van der Waals surface area contributed by atoms with Gasteiger partial charge in [-0.2, -0.15) is 0 Å². The molecule has 9 heavy (non-hydrogen) atoms. The second-order valence-corrected chi connectivity index (χ2v) is 2.34. The molecule has 0 aliphatic rings. The van der Waals surface area contributed by atoms with Gasteiger partial charge in [0, 0.05) is 6.07 Å². The van der Waals surface area contributed by atoms with Gasteiger partial charge < -0.3 is 0 Å². The largest absolute Gasteiger partial charge is 0.277 e. The molecule has 0 unspecified atom stereocenters. The van der Waals surface area contributed by atoms with Crippen molar-refractivity contribution in [1.82, 2.24) is 4.37 Å². The quantitative estimate of drug-likeness (QED) is 0.583. The minimum Gasteiger partial charge on any atom is -0.277 e. The number of aromatic nitrogens is 1. The topological polar surface area (TPSA) is 32.9 Å². The van der Waals surface area contributed by atoms with Crippen LogP contribution in [0, 0.1) is 0 Å². The van der Waals surface area contributed by atoms with Gasteiger partial charge in [-0.05, 0) is 6.08 Å². The summed E-state index contributed by atoms with van der Waals surface area (Å²) in [6, 6.07) is 1.50. The number of rotatable bonds is 1. The van der Waals surface area contributed by atoms with Crippen molar-refractivity contribution in [3.8, 4) is 0 Å². The van der Waals surface area contributed by atoms with Gasteiger partial charge >= 0.3 is 0 Å². The van der Waals surface area contributed by atoms with Crippen molar-refractivity contribution in [2.45, 2.75) is 0 Å². The maximum Gasteiger partial charge on any atom is 0.258 e. The number of hydrogen-bond acceptors (Lipinski definition) is 2. The Morgan fingerprint density at radius 1 is 1.89 bits per heavy atom. The lowest BCUT2D eigenvalue weighted by Gasteiger charge is -1.69. The van der Waals surface area contributed by atoms with Crippen LogP contribution in [0.3, 0.4) is 0 Å². The van der Waals surface area contributed by atoms with Crippen molar-refractivity contribution >= 4 is 17.6 Å². The molecule has 0 aromatic carbocycles. The molecule has 0 saturated carbocycles. The summed E-state index contributed by atoms with van der Waals surface area (Å²) in [4.78, 5) is 11.3. The molecular formula is C6H5NOS. The van der Waals surface area contributed by atoms with E-state index in [-0.39, 0.29) is 5.56 Å². The third kappa shape index (κ3) is 1.42. The van der Waals surface area contributed by atoms with Gasteiger partial charge in [0.2, 0.25) is 0 Å². The average molecular weight is 139 g/mol. The summed E-state index contributed by atoms with van der Waals surface area (Å²) >= 11 is 1.28. The third-order valence-electron chi connectivity index (χ3n) is 0.787. The van der Waals surface area contributed by atoms with E-state index in [2.05, 4.69) is 16.7 Å². The van der Waals surface area contributed by atoms with Crippen LogP contribution in [0.15, 0.2) is 23.2 Å². The summed E-state index contributed by atoms with van der Waals surface area (Å²) in [5.41, 5.74) is 2.51. The summed E-state index contributed by atoms with van der Waals surface area (Å²) in [5, 5.41) is 0. The predicted molar refractivity (Wildman–Crippen MR) is 38.5 cm³/mol. The molecule has 1 rings (SSSR count). The molecule has 0 saturated heterocycles. The van der Waals surface area contributed by atoms with Gasteiger partial charge in [-0.1, -0.05) is 18.1 Å². The first-order valence-electron chi connectivity index (χ1n) is 2.37. The molecule has 2 nitrogen and oxygen atoms in total. The minimum absolute atomic E-state index is 0.0681. The maximum absolute atomic E-state index is 10.5. The summed E-state index contributed by atoms with van der Waals surface area (Å²) < 4.78 is 2.54. The fourth-order valence-corrected chi connectivity index (χ4v) is 1.05. The second kappa shape index (κ2) is 2.49. The highest BCUT2D eigenvalue weighted by Gasteiger charge is 1.88. The van der Waals surface area contributed by atoms with Gasteiger partial charge in [0.05, 0.1) is 4.88 Å². The zero-order chi connectivity index (χ0) is 6.69. The number of hydrogen-bond donors (Lipinski definition) is 1. The summed E-state index contributed by atoms with van der Waals surface area (Å²) in [5.74, 6) is 0. The lowest BCUT2D eigenvalue weighted by Crippen LogP contribution is -1.91. The highest BCUT2D eigenvalue weighted by molar-refractivity contribution is 7.06. The zero-order valence-corrected chi connectivity index (χ0v) is 5.49. The molecule has 1 heterocycles. The fourth-order valence-electron chi connectivity index (χ4n) is 0.469. The van der Waals surface area contributed by atoms with Crippen LogP contribution in [-0.4, -0.2) is 4.37 Å². The highest BCUT2D eigenvalue weighted by atomic mass is 32.1. The van der Waals surface area contributed by atoms with Crippen molar-refractivity contribution < 1.29 is 0 Å². The van der Waals surface area contributed by atoms with Gasteiger partial charge in [0.1, 0.15) is 0 Å². The van der Waals surface area contributed by atoms with Crippen molar-refractivity contribution in [2.24, 2.45) is 0 Å². The fraction of sp³-hybridized carbons (Fsp3) is 0. The van der Waals surface area contributed by atoms with Crippen LogP contribution in [0.1, 0.15) is 4.88 Å². The van der Waals surface area contributed by atoms with E-state index in [0.717, 1.165) is 4.88 Å². The summed E-state index contributed by atoms with van der Waals surface area (Å²) in [7, 11) is 0. The number of aromatic amines is 1. The molecule has 0 bridgehead atoms. The third-order valence-corrected chi connectivity index (χ3v) is 1.56. The smallest absolute Gasteiger partial charge is 0.258 e. The Morgan fingerprint density at radius 3 is 3.11 bits per heavy atom. The molecule has 1 N–H and O–H groups in total. The van der Waals surface area contributed by atoms with Crippen LogP contribution in [0.2, 0.25) is 0 Å². The predicted octanol–water partition coefficient (Wildman–Crippen LogP) is 1.23. The molecule has 0 radical (unpaired) electrons. The second-order valence-electron chi connectivity index (χ2n) is 1.46. The minimum atomic E-state index is -0.0681. The molecule has 0 fully saturated rings. The Hall–Kier alpha value is -1.05. The van der Waals surface area contributed by atoms with Gasteiger partial charge in [-0.15, -0.1) is 5.73 Å². The van der Waals surface area contributed by atoms with Gasteiger partial charge in [0.15, 0.2) is 0 Å². The van der Waals surface area contributed by atoms with E-state index in [0.29, 0.717) is 0 Å². The molecule has 1 aromatic heterocycles. The standard InChI is InChI=1S/C6H5NOS/c1-2-3-5-4-6(8)7-9-5/h3-4H,1H2,(H,7,8). The van der Waals surface area contributed by atoms with E-state index in [1.54, 1.807) is 6.08 Å². The Morgan fingerprint density at radius 2 is 2.67 bits per heavy atom. The van der Waals surface area contributed by atoms with Crippen LogP contribution in [0.25, 0.3) is 6.08 Å². The molecule has 0 aliphatic carbocycles. The normalized spacial score (nSPS) is 8.44. The van der Waals surface area contributed by atoms with E-state index in [1.807, 2.05) is 0 Å². The van der Waals surface area contributed by atoms with Crippen molar-refractivity contribution in [3.05, 3.63) is 33.6 Å². The van der Waals surface area contributed by atoms with Crippen LogP contribution >= 0.6 is 11.5 Å². The van der Waals surface area contributed by atoms with Crippen molar-refractivity contribution in [2.75, 3.05) is 0 Å². The van der Waals surface area contributed by atoms with E-state index in [9.17, 15) is 4.79 Å². The average Bonchev–Trinajstić information content (AvgIpc) is 2.17. The van der Waals surface area contributed by atoms with Gasteiger partial charge in [-0.25, -0.2) is 0 Å². The van der Waals surface area contributed by atoms with Crippen LogP contribution in [0.4, 0.5) is 0 Å². The molecule has 46 valence electrons. The van der Waals surface area contributed by atoms with Gasteiger partial charge in [-0.3, -0.25) is 9.17 Å². The first-order chi connectivity index (χ1) is 4.33. The number of H-pyrrole nitrogens is 1. The van der Waals surface area contributed by atoms with Gasteiger partial charge in [0.25, 0.3) is 5.56 Å². The van der Waals surface area contributed by atoms with Crippen molar-refractivity contribution in [1.29, 1.82) is 0 Å². The maximum atomic E-state index is 10.5. The molecule has 0 atom stereocenters. The molecule has 1 aromatic rings. The first kappa shape index (κ1) is 6.08. The molecule has 0 spiro atoms. The van der Waals surface area contributed by atoms with E-state index in [4.69, 9.17) is 0 Å². The SMILES string of the molecule is C=C=Cc1cc(=O)[nH]s1. The van der Waals surface area contributed by atoms with Crippen LogP contribution in [-0.2, 0) is 0 Å². The highest BCUT2D eigenvalue weighted by Crippen LogP contribution is 2.00. The summed E-state index contributed by atoms with van der Waals surface area (Å²) in [6.07, 6.45) is 1.66.